The van der Waals surface area contributed by atoms with Crippen molar-refractivity contribution in [2.45, 2.75) is 51.2 Å². The maximum atomic E-state index is 4.42. The Morgan fingerprint density at radius 1 is 1.19 bits per heavy atom. The molecule has 0 bridgehead atoms. The van der Waals surface area contributed by atoms with Crippen LogP contribution in [0.25, 0.3) is 0 Å². The van der Waals surface area contributed by atoms with Gasteiger partial charge in [0.2, 0.25) is 0 Å². The molecular formula is C21H34BrN5. The van der Waals surface area contributed by atoms with Gasteiger partial charge in [0.05, 0.1) is 0 Å². The van der Waals surface area contributed by atoms with Crippen LogP contribution >= 0.6 is 15.9 Å². The molecule has 2 aliphatic rings. The van der Waals surface area contributed by atoms with Gasteiger partial charge in [0, 0.05) is 56.3 Å². The summed E-state index contributed by atoms with van der Waals surface area (Å²) >= 11 is 3.51. The van der Waals surface area contributed by atoms with Crippen molar-refractivity contribution >= 4 is 21.9 Å². The Bertz CT molecular complexity index is 591. The normalized spacial score (nSPS) is 19.5. The van der Waals surface area contributed by atoms with E-state index in [0.29, 0.717) is 6.04 Å². The number of piperidine rings is 1. The minimum absolute atomic E-state index is 0.517. The van der Waals surface area contributed by atoms with E-state index in [1.165, 1.54) is 31.2 Å². The molecule has 3 rings (SSSR count). The smallest absolute Gasteiger partial charge is 0.191 e. The fourth-order valence-corrected chi connectivity index (χ4v) is 4.09. The average Bonchev–Trinajstić information content (AvgIpc) is 3.52. The second-order valence-corrected chi connectivity index (χ2v) is 8.60. The van der Waals surface area contributed by atoms with Crippen LogP contribution in [0, 0.1) is 0 Å². The summed E-state index contributed by atoms with van der Waals surface area (Å²) in [4.78, 5) is 9.54. The molecule has 27 heavy (non-hydrogen) atoms. The quantitative estimate of drug-likeness (QED) is 0.486. The van der Waals surface area contributed by atoms with Crippen molar-refractivity contribution in [2.75, 3.05) is 39.8 Å². The van der Waals surface area contributed by atoms with Crippen LogP contribution in [0.15, 0.2) is 33.7 Å². The summed E-state index contributed by atoms with van der Waals surface area (Å²) in [5.41, 5.74) is 1.39. The first kappa shape index (κ1) is 20.6. The predicted octanol–water partition coefficient (Wildman–Crippen LogP) is 3.06. The number of nitrogens with zero attached hydrogens (tertiary/aromatic N) is 3. The van der Waals surface area contributed by atoms with Gasteiger partial charge in [-0.3, -0.25) is 14.8 Å². The third kappa shape index (κ3) is 6.77. The molecule has 1 saturated carbocycles. The van der Waals surface area contributed by atoms with Crippen LogP contribution in [-0.2, 0) is 6.54 Å². The van der Waals surface area contributed by atoms with Gasteiger partial charge in [-0.1, -0.05) is 35.0 Å². The summed E-state index contributed by atoms with van der Waals surface area (Å²) in [7, 11) is 1.87. The largest absolute Gasteiger partial charge is 0.355 e. The van der Waals surface area contributed by atoms with Crippen molar-refractivity contribution < 1.29 is 0 Å². The van der Waals surface area contributed by atoms with Gasteiger partial charge in [0.1, 0.15) is 0 Å². The lowest BCUT2D eigenvalue weighted by atomic mass is 10.0. The van der Waals surface area contributed by atoms with Crippen molar-refractivity contribution in [2.24, 2.45) is 4.99 Å². The number of aliphatic imine (C=N–C) groups is 1. The fraction of sp³-hybridized carbons (Fsp3) is 0.667. The number of halogens is 1. The molecule has 1 saturated heterocycles. The maximum absolute atomic E-state index is 4.42. The number of hydrogen-bond donors (Lipinski definition) is 2. The first-order chi connectivity index (χ1) is 13.2. The molecule has 0 radical (unpaired) electrons. The molecule has 1 aromatic rings. The molecule has 0 spiro atoms. The highest BCUT2D eigenvalue weighted by molar-refractivity contribution is 9.10. The molecular weight excluding hydrogens is 402 g/mol. The SMILES string of the molecule is CCN(CCNC(=NC)NC1CCN(Cc2ccc(Br)cc2)CC1)C1CC1. The highest BCUT2D eigenvalue weighted by Gasteiger charge is 2.27. The summed E-state index contributed by atoms with van der Waals surface area (Å²) in [6.45, 7) is 8.79. The van der Waals surface area contributed by atoms with E-state index in [1.54, 1.807) is 0 Å². The minimum Gasteiger partial charge on any atom is -0.355 e. The molecule has 2 fully saturated rings. The first-order valence-corrected chi connectivity index (χ1v) is 11.1. The number of nitrogens with one attached hydrogen (secondary N) is 2. The average molecular weight is 436 g/mol. The minimum atomic E-state index is 0.517. The lowest BCUT2D eigenvalue weighted by molar-refractivity contribution is 0.198. The molecule has 0 unspecified atom stereocenters. The third-order valence-electron chi connectivity index (χ3n) is 5.63. The molecule has 150 valence electrons. The van der Waals surface area contributed by atoms with Crippen LogP contribution in [0.5, 0.6) is 0 Å². The number of likely N-dealkylation sites (N-methyl/N-ethyl adjacent to an activating group) is 1. The van der Waals surface area contributed by atoms with Crippen LogP contribution in [-0.4, -0.2) is 67.6 Å². The van der Waals surface area contributed by atoms with Gasteiger partial charge in [0.15, 0.2) is 5.96 Å². The van der Waals surface area contributed by atoms with Crippen LogP contribution in [0.2, 0.25) is 0 Å². The molecule has 1 heterocycles. The van der Waals surface area contributed by atoms with Crippen molar-refractivity contribution in [3.63, 3.8) is 0 Å². The first-order valence-electron chi connectivity index (χ1n) is 10.4. The fourth-order valence-electron chi connectivity index (χ4n) is 3.83. The third-order valence-corrected chi connectivity index (χ3v) is 6.16. The van der Waals surface area contributed by atoms with E-state index in [2.05, 4.69) is 72.5 Å². The van der Waals surface area contributed by atoms with Gasteiger partial charge in [-0.15, -0.1) is 0 Å². The van der Waals surface area contributed by atoms with Gasteiger partial charge >= 0.3 is 0 Å². The van der Waals surface area contributed by atoms with E-state index in [0.717, 1.165) is 55.7 Å². The second kappa shape index (κ2) is 10.4. The second-order valence-electron chi connectivity index (χ2n) is 7.68. The molecule has 2 N–H and O–H groups in total. The van der Waals surface area contributed by atoms with Gasteiger partial charge in [0.25, 0.3) is 0 Å². The van der Waals surface area contributed by atoms with Crippen LogP contribution in [0.4, 0.5) is 0 Å². The van der Waals surface area contributed by atoms with Gasteiger partial charge in [-0.25, -0.2) is 0 Å². The van der Waals surface area contributed by atoms with Crippen molar-refractivity contribution in [1.82, 2.24) is 20.4 Å². The molecule has 1 aliphatic carbocycles. The summed E-state index contributed by atoms with van der Waals surface area (Å²) in [6, 6.07) is 10.0. The number of hydrogen-bond acceptors (Lipinski definition) is 3. The summed E-state index contributed by atoms with van der Waals surface area (Å²) < 4.78 is 1.15. The molecule has 0 amide bonds. The Morgan fingerprint density at radius 2 is 1.89 bits per heavy atom. The zero-order valence-corrected chi connectivity index (χ0v) is 18.3. The lowest BCUT2D eigenvalue weighted by Gasteiger charge is -2.33. The van der Waals surface area contributed by atoms with E-state index < -0.39 is 0 Å². The van der Waals surface area contributed by atoms with E-state index in [9.17, 15) is 0 Å². The Balaban J connectivity index is 1.35. The topological polar surface area (TPSA) is 42.9 Å². The summed E-state index contributed by atoms with van der Waals surface area (Å²) in [5.74, 6) is 0.952. The summed E-state index contributed by atoms with van der Waals surface area (Å²) in [6.07, 6.45) is 5.08. The molecule has 5 nitrogen and oxygen atoms in total. The molecule has 6 heteroatoms. The zero-order valence-electron chi connectivity index (χ0n) is 16.8. The van der Waals surface area contributed by atoms with Crippen LogP contribution in [0.3, 0.4) is 0 Å². The van der Waals surface area contributed by atoms with E-state index >= 15 is 0 Å². The highest BCUT2D eigenvalue weighted by atomic mass is 79.9. The zero-order chi connectivity index (χ0) is 19.1. The Kier molecular flexibility index (Phi) is 7.97. The summed E-state index contributed by atoms with van der Waals surface area (Å²) in [5, 5.41) is 7.12. The molecule has 1 aromatic carbocycles. The molecule has 1 aliphatic heterocycles. The maximum Gasteiger partial charge on any atom is 0.191 e. The van der Waals surface area contributed by atoms with Crippen LogP contribution < -0.4 is 10.6 Å². The number of rotatable bonds is 8. The Labute approximate surface area is 172 Å². The Morgan fingerprint density at radius 3 is 2.48 bits per heavy atom. The lowest BCUT2D eigenvalue weighted by Crippen LogP contribution is -2.49. The van der Waals surface area contributed by atoms with E-state index in [4.69, 9.17) is 0 Å². The van der Waals surface area contributed by atoms with E-state index in [1.807, 2.05) is 7.05 Å². The number of guanidine groups is 1. The highest BCUT2D eigenvalue weighted by Crippen LogP contribution is 2.25. The molecule has 0 aromatic heterocycles. The van der Waals surface area contributed by atoms with Crippen molar-refractivity contribution in [3.8, 4) is 0 Å². The van der Waals surface area contributed by atoms with Crippen molar-refractivity contribution in [1.29, 1.82) is 0 Å². The van der Waals surface area contributed by atoms with Gasteiger partial charge in [-0.2, -0.15) is 0 Å². The van der Waals surface area contributed by atoms with Gasteiger partial charge < -0.3 is 10.6 Å². The molecule has 0 atom stereocenters. The van der Waals surface area contributed by atoms with Crippen molar-refractivity contribution in [3.05, 3.63) is 34.3 Å². The van der Waals surface area contributed by atoms with E-state index in [-0.39, 0.29) is 0 Å². The number of benzene rings is 1. The number of likely N-dealkylation sites (tertiary alicyclic amines) is 1. The predicted molar refractivity (Wildman–Crippen MR) is 117 cm³/mol. The standard InChI is InChI=1S/C21H34BrN5/c1-3-27(20-8-9-20)15-12-24-21(23-2)25-19-10-13-26(14-11-19)16-17-4-6-18(22)7-5-17/h4-7,19-20H,3,8-16H2,1-2H3,(H2,23,24,25). The van der Waals surface area contributed by atoms with Gasteiger partial charge in [-0.05, 0) is 49.9 Å². The van der Waals surface area contributed by atoms with Crippen LogP contribution in [0.1, 0.15) is 38.2 Å². The Hall–Kier alpha value is -1.11. The monoisotopic (exact) mass is 435 g/mol.